The third-order valence-corrected chi connectivity index (χ3v) is 4.94. The molecule has 0 radical (unpaired) electrons. The van der Waals surface area contributed by atoms with Crippen LogP contribution in [0.15, 0.2) is 29.2 Å². The Morgan fingerprint density at radius 1 is 1.43 bits per heavy atom. The van der Waals surface area contributed by atoms with Crippen LogP contribution in [-0.4, -0.2) is 53.4 Å². The highest BCUT2D eigenvalue weighted by Crippen LogP contribution is 2.24. The monoisotopic (exact) mass is 308 g/mol. The molecule has 0 bridgehead atoms. The van der Waals surface area contributed by atoms with Crippen molar-refractivity contribution in [1.29, 1.82) is 0 Å². The highest BCUT2D eigenvalue weighted by atomic mass is 32.2. The summed E-state index contributed by atoms with van der Waals surface area (Å²) in [6, 6.07) is 8.18. The lowest BCUT2D eigenvalue weighted by atomic mass is 10.0. The van der Waals surface area contributed by atoms with Crippen LogP contribution in [0, 0.1) is 5.92 Å². The molecule has 116 valence electrons. The summed E-state index contributed by atoms with van der Waals surface area (Å²) in [5.74, 6) is 0.401. The standard InChI is InChI=1S/C16H24N2O2S/c1-12(19)14-8-9-18(11-14)10-13-4-6-15(7-5-13)21-16(20)17(2)3/h4-7,12,14,19H,8-11H2,1-3H3. The number of aliphatic hydroxyl groups excluding tert-OH is 1. The maximum Gasteiger partial charge on any atom is 0.285 e. The van der Waals surface area contributed by atoms with Crippen molar-refractivity contribution >= 4 is 17.0 Å². The fraction of sp³-hybridized carbons (Fsp3) is 0.562. The van der Waals surface area contributed by atoms with E-state index in [1.54, 1.807) is 19.0 Å². The van der Waals surface area contributed by atoms with Gasteiger partial charge in [0.05, 0.1) is 6.10 Å². The molecule has 21 heavy (non-hydrogen) atoms. The molecule has 0 spiro atoms. The van der Waals surface area contributed by atoms with Gasteiger partial charge in [-0.2, -0.15) is 0 Å². The topological polar surface area (TPSA) is 43.8 Å². The quantitative estimate of drug-likeness (QED) is 0.869. The third-order valence-electron chi connectivity index (χ3n) is 3.89. The van der Waals surface area contributed by atoms with Crippen molar-refractivity contribution in [2.75, 3.05) is 27.2 Å². The normalized spacial score (nSPS) is 20.5. The van der Waals surface area contributed by atoms with Crippen molar-refractivity contribution in [3.63, 3.8) is 0 Å². The first-order valence-electron chi connectivity index (χ1n) is 7.34. The Morgan fingerprint density at radius 2 is 2.10 bits per heavy atom. The molecule has 1 saturated heterocycles. The number of hydrogen-bond donors (Lipinski definition) is 1. The summed E-state index contributed by atoms with van der Waals surface area (Å²) in [5.41, 5.74) is 1.25. The van der Waals surface area contributed by atoms with Crippen LogP contribution in [0.3, 0.4) is 0 Å². The minimum absolute atomic E-state index is 0.0436. The fourth-order valence-corrected chi connectivity index (χ4v) is 3.17. The maximum absolute atomic E-state index is 11.6. The van der Waals surface area contributed by atoms with Crippen LogP contribution in [-0.2, 0) is 6.54 Å². The SMILES string of the molecule is CC(O)C1CCN(Cc2ccc(SC(=O)N(C)C)cc2)C1. The molecular weight excluding hydrogens is 284 g/mol. The van der Waals surface area contributed by atoms with Gasteiger partial charge in [0.15, 0.2) is 0 Å². The molecular formula is C16H24N2O2S. The van der Waals surface area contributed by atoms with Crippen molar-refractivity contribution in [2.45, 2.75) is 30.9 Å². The van der Waals surface area contributed by atoms with Gasteiger partial charge < -0.3 is 10.0 Å². The number of hydrogen-bond acceptors (Lipinski definition) is 4. The first-order chi connectivity index (χ1) is 9.95. The number of thioether (sulfide) groups is 1. The van der Waals surface area contributed by atoms with E-state index >= 15 is 0 Å². The van der Waals surface area contributed by atoms with Crippen molar-refractivity contribution in [1.82, 2.24) is 9.80 Å². The van der Waals surface area contributed by atoms with E-state index < -0.39 is 0 Å². The van der Waals surface area contributed by atoms with Crippen molar-refractivity contribution in [3.8, 4) is 0 Å². The Hall–Kier alpha value is -1.04. The van der Waals surface area contributed by atoms with E-state index in [1.165, 1.54) is 17.3 Å². The number of carbonyl (C=O) groups excluding carboxylic acids is 1. The first-order valence-corrected chi connectivity index (χ1v) is 8.16. The summed E-state index contributed by atoms with van der Waals surface area (Å²) in [6.07, 6.45) is 0.856. The Morgan fingerprint density at radius 3 is 2.62 bits per heavy atom. The van der Waals surface area contributed by atoms with Gasteiger partial charge in [0.25, 0.3) is 5.24 Å². The lowest BCUT2D eigenvalue weighted by molar-refractivity contribution is 0.127. The van der Waals surface area contributed by atoms with Gasteiger partial charge in [-0.3, -0.25) is 9.69 Å². The second-order valence-electron chi connectivity index (χ2n) is 5.93. The molecule has 1 aliphatic heterocycles. The number of rotatable bonds is 4. The Bertz CT molecular complexity index is 474. The molecule has 1 aromatic rings. The van der Waals surface area contributed by atoms with Crippen molar-refractivity contribution in [2.24, 2.45) is 5.92 Å². The molecule has 5 heteroatoms. The zero-order chi connectivity index (χ0) is 15.4. The zero-order valence-electron chi connectivity index (χ0n) is 13.0. The van der Waals surface area contributed by atoms with Gasteiger partial charge in [-0.25, -0.2) is 0 Å². The average Bonchev–Trinajstić information content (AvgIpc) is 2.89. The van der Waals surface area contributed by atoms with E-state index in [9.17, 15) is 9.90 Å². The molecule has 0 aromatic heterocycles. The van der Waals surface area contributed by atoms with E-state index in [0.717, 1.165) is 31.0 Å². The van der Waals surface area contributed by atoms with Crippen LogP contribution in [0.1, 0.15) is 18.9 Å². The van der Waals surface area contributed by atoms with Gasteiger partial charge >= 0.3 is 0 Å². The molecule has 1 aromatic carbocycles. The molecule has 0 aliphatic carbocycles. The van der Waals surface area contributed by atoms with E-state index in [0.29, 0.717) is 5.92 Å². The van der Waals surface area contributed by atoms with Crippen LogP contribution in [0.2, 0.25) is 0 Å². The van der Waals surface area contributed by atoms with E-state index in [-0.39, 0.29) is 11.3 Å². The molecule has 1 aliphatic rings. The zero-order valence-corrected chi connectivity index (χ0v) is 13.8. The third kappa shape index (κ3) is 4.73. The summed E-state index contributed by atoms with van der Waals surface area (Å²) in [6.45, 7) is 4.80. The molecule has 4 nitrogen and oxygen atoms in total. The Kier molecular flexibility index (Phi) is 5.67. The van der Waals surface area contributed by atoms with Gasteiger partial charge in [0, 0.05) is 32.1 Å². The van der Waals surface area contributed by atoms with Gasteiger partial charge in [-0.05, 0) is 55.3 Å². The maximum atomic E-state index is 11.6. The Labute approximate surface area is 131 Å². The van der Waals surface area contributed by atoms with Gasteiger partial charge in [-0.15, -0.1) is 0 Å². The molecule has 2 unspecified atom stereocenters. The lowest BCUT2D eigenvalue weighted by Gasteiger charge is -2.17. The van der Waals surface area contributed by atoms with Gasteiger partial charge in [-0.1, -0.05) is 12.1 Å². The highest BCUT2D eigenvalue weighted by Gasteiger charge is 2.25. The van der Waals surface area contributed by atoms with E-state index in [1.807, 2.05) is 19.1 Å². The molecule has 1 fully saturated rings. The minimum atomic E-state index is -0.217. The summed E-state index contributed by atoms with van der Waals surface area (Å²) in [7, 11) is 3.52. The number of likely N-dealkylation sites (tertiary alicyclic amines) is 1. The van der Waals surface area contributed by atoms with Crippen LogP contribution in [0.5, 0.6) is 0 Å². The van der Waals surface area contributed by atoms with Gasteiger partial charge in [0.1, 0.15) is 0 Å². The predicted octanol–water partition coefficient (Wildman–Crippen LogP) is 2.66. The average molecular weight is 308 g/mol. The second-order valence-corrected chi connectivity index (χ2v) is 6.96. The highest BCUT2D eigenvalue weighted by molar-refractivity contribution is 8.13. The number of carbonyl (C=O) groups is 1. The summed E-state index contributed by atoms with van der Waals surface area (Å²) < 4.78 is 0. The summed E-state index contributed by atoms with van der Waals surface area (Å²) in [5, 5.41) is 9.68. The Balaban J connectivity index is 1.87. The van der Waals surface area contributed by atoms with Crippen LogP contribution < -0.4 is 0 Å². The lowest BCUT2D eigenvalue weighted by Crippen LogP contribution is -2.23. The van der Waals surface area contributed by atoms with Crippen LogP contribution >= 0.6 is 11.8 Å². The molecule has 1 amide bonds. The first kappa shape index (κ1) is 16.3. The number of benzene rings is 1. The van der Waals surface area contributed by atoms with E-state index in [2.05, 4.69) is 17.0 Å². The fourth-order valence-electron chi connectivity index (χ4n) is 2.51. The molecule has 1 heterocycles. The molecule has 1 N–H and O–H groups in total. The largest absolute Gasteiger partial charge is 0.393 e. The van der Waals surface area contributed by atoms with Crippen molar-refractivity contribution < 1.29 is 9.90 Å². The smallest absolute Gasteiger partial charge is 0.285 e. The van der Waals surface area contributed by atoms with Crippen molar-refractivity contribution in [3.05, 3.63) is 29.8 Å². The summed E-state index contributed by atoms with van der Waals surface area (Å²) in [4.78, 5) is 16.6. The predicted molar refractivity (Wildman–Crippen MR) is 86.4 cm³/mol. The number of amides is 1. The summed E-state index contributed by atoms with van der Waals surface area (Å²) >= 11 is 1.25. The molecule has 2 atom stereocenters. The van der Waals surface area contributed by atoms with E-state index in [4.69, 9.17) is 0 Å². The minimum Gasteiger partial charge on any atom is -0.393 e. The number of aliphatic hydroxyl groups is 1. The molecule has 2 rings (SSSR count). The van der Waals surface area contributed by atoms with Crippen LogP contribution in [0.25, 0.3) is 0 Å². The molecule has 0 saturated carbocycles. The number of nitrogens with zero attached hydrogens (tertiary/aromatic N) is 2. The second kappa shape index (κ2) is 7.29. The van der Waals surface area contributed by atoms with Gasteiger partial charge in [0.2, 0.25) is 0 Å². The van der Waals surface area contributed by atoms with Crippen LogP contribution in [0.4, 0.5) is 4.79 Å².